The fraction of sp³-hybridized carbons (Fsp3) is 0.318. The van der Waals surface area contributed by atoms with Gasteiger partial charge in [-0.1, -0.05) is 36.9 Å². The van der Waals surface area contributed by atoms with Gasteiger partial charge in [0.1, 0.15) is 17.7 Å². The summed E-state index contributed by atoms with van der Waals surface area (Å²) in [5.41, 5.74) is 2.84. The molecule has 27 heavy (non-hydrogen) atoms. The van der Waals surface area contributed by atoms with Gasteiger partial charge in [-0.05, 0) is 40.8 Å². The fourth-order valence-electron chi connectivity index (χ4n) is 4.08. The summed E-state index contributed by atoms with van der Waals surface area (Å²) in [5.74, 6) is -0.583. The molecule has 4 rings (SSSR count). The molecular formula is C22H21FO4. The minimum absolute atomic E-state index is 0.201. The molecule has 4 nitrogen and oxygen atoms in total. The van der Waals surface area contributed by atoms with Crippen LogP contribution in [0.4, 0.5) is 4.39 Å². The molecule has 3 atom stereocenters. The quantitative estimate of drug-likeness (QED) is 0.659. The summed E-state index contributed by atoms with van der Waals surface area (Å²) in [6.45, 7) is 4.98. The van der Waals surface area contributed by atoms with E-state index in [-0.39, 0.29) is 18.3 Å². The van der Waals surface area contributed by atoms with Crippen LogP contribution in [0.5, 0.6) is 0 Å². The van der Waals surface area contributed by atoms with Crippen LogP contribution in [0, 0.1) is 5.82 Å². The first-order valence-electron chi connectivity index (χ1n) is 8.96. The predicted molar refractivity (Wildman–Crippen MR) is 97.6 cm³/mol. The van der Waals surface area contributed by atoms with Crippen molar-refractivity contribution in [3.63, 3.8) is 0 Å². The lowest BCUT2D eigenvalue weighted by Gasteiger charge is -2.28. The Morgan fingerprint density at radius 3 is 2.67 bits per heavy atom. The van der Waals surface area contributed by atoms with Crippen LogP contribution in [0.25, 0.3) is 0 Å². The number of epoxide rings is 1. The van der Waals surface area contributed by atoms with Crippen molar-refractivity contribution in [3.05, 3.63) is 82.9 Å². The summed E-state index contributed by atoms with van der Waals surface area (Å²) in [5, 5.41) is 9.83. The Morgan fingerprint density at radius 1 is 1.30 bits per heavy atom. The highest BCUT2D eigenvalue weighted by Crippen LogP contribution is 2.52. The van der Waals surface area contributed by atoms with Crippen LogP contribution < -0.4 is 0 Å². The molecule has 0 saturated carbocycles. The smallest absolute Gasteiger partial charge is 0.303 e. The summed E-state index contributed by atoms with van der Waals surface area (Å²) in [6.07, 6.45) is 0.346. The molecule has 5 heteroatoms. The molecule has 0 amide bonds. The molecule has 2 aromatic rings. The largest absolute Gasteiger partial charge is 0.478 e. The number of aliphatic hydroxyl groups is 1. The van der Waals surface area contributed by atoms with Gasteiger partial charge < -0.3 is 14.6 Å². The number of esters is 1. The van der Waals surface area contributed by atoms with Crippen LogP contribution in [-0.4, -0.2) is 23.3 Å². The maximum Gasteiger partial charge on any atom is 0.303 e. The van der Waals surface area contributed by atoms with E-state index in [1.54, 1.807) is 6.07 Å². The number of hydrogen-bond donors (Lipinski definition) is 1. The third-order valence-electron chi connectivity index (χ3n) is 5.50. The summed E-state index contributed by atoms with van der Waals surface area (Å²) >= 11 is 0. The molecule has 1 fully saturated rings. The SMILES string of the molecule is C=C1O[C@@]1(CO)C[C@@H]1c2ccccc2Cc2ccc(F)cc2[C@@H]1OC(C)=O. The van der Waals surface area contributed by atoms with Gasteiger partial charge in [-0.15, -0.1) is 0 Å². The van der Waals surface area contributed by atoms with Crippen LogP contribution in [0.2, 0.25) is 0 Å². The van der Waals surface area contributed by atoms with E-state index in [1.807, 2.05) is 24.3 Å². The van der Waals surface area contributed by atoms with Crippen molar-refractivity contribution in [2.24, 2.45) is 0 Å². The highest BCUT2D eigenvalue weighted by atomic mass is 19.1. The van der Waals surface area contributed by atoms with Crippen molar-refractivity contribution in [1.29, 1.82) is 0 Å². The Balaban J connectivity index is 1.88. The standard InChI is InChI=1S/C22H21FO4/c1-13-22(12-24,27-13)11-20-18-6-4-3-5-15(18)9-16-7-8-17(23)10-19(16)21(20)26-14(2)25/h3-8,10,20-21,24H,1,9,11-12H2,2H3/t20-,21+,22-/m1/s1. The summed E-state index contributed by atoms with van der Waals surface area (Å²) in [6, 6.07) is 12.5. The lowest BCUT2D eigenvalue weighted by molar-refractivity contribution is -0.148. The summed E-state index contributed by atoms with van der Waals surface area (Å²) < 4.78 is 25.3. The molecule has 1 saturated heterocycles. The molecule has 0 unspecified atom stereocenters. The highest BCUT2D eigenvalue weighted by Gasteiger charge is 2.54. The zero-order chi connectivity index (χ0) is 19.2. The first-order valence-corrected chi connectivity index (χ1v) is 8.96. The van der Waals surface area contributed by atoms with Gasteiger partial charge in [0.05, 0.1) is 6.61 Å². The topological polar surface area (TPSA) is 59.1 Å². The van der Waals surface area contributed by atoms with Gasteiger partial charge in [-0.3, -0.25) is 4.79 Å². The van der Waals surface area contributed by atoms with Crippen molar-refractivity contribution in [3.8, 4) is 0 Å². The Labute approximate surface area is 157 Å². The number of halogens is 1. The van der Waals surface area contributed by atoms with Crippen LogP contribution in [0.15, 0.2) is 54.8 Å². The maximum absolute atomic E-state index is 14.1. The van der Waals surface area contributed by atoms with Gasteiger partial charge in [0.15, 0.2) is 5.60 Å². The molecule has 1 heterocycles. The molecule has 0 radical (unpaired) electrons. The van der Waals surface area contributed by atoms with E-state index >= 15 is 0 Å². The number of carbonyl (C=O) groups excluding carboxylic acids is 1. The van der Waals surface area contributed by atoms with Crippen LogP contribution in [-0.2, 0) is 20.7 Å². The first-order chi connectivity index (χ1) is 12.9. The number of aliphatic hydroxyl groups excluding tert-OH is 1. The minimum Gasteiger partial charge on any atom is -0.478 e. The van der Waals surface area contributed by atoms with Crippen molar-refractivity contribution >= 4 is 5.97 Å². The van der Waals surface area contributed by atoms with Gasteiger partial charge >= 0.3 is 5.97 Å². The Morgan fingerprint density at radius 2 is 2.00 bits per heavy atom. The zero-order valence-electron chi connectivity index (χ0n) is 15.1. The normalized spacial score (nSPS) is 25.7. The van der Waals surface area contributed by atoms with Crippen molar-refractivity contribution in [2.75, 3.05) is 6.61 Å². The predicted octanol–water partition coefficient (Wildman–Crippen LogP) is 3.78. The average molecular weight is 368 g/mol. The summed E-state index contributed by atoms with van der Waals surface area (Å²) in [4.78, 5) is 11.9. The number of ether oxygens (including phenoxy) is 2. The zero-order valence-corrected chi connectivity index (χ0v) is 15.1. The first kappa shape index (κ1) is 17.7. The number of fused-ring (bicyclic) bond motifs is 2. The van der Waals surface area contributed by atoms with Gasteiger partial charge in [0.2, 0.25) is 0 Å². The van der Waals surface area contributed by atoms with Crippen LogP contribution >= 0.6 is 0 Å². The van der Waals surface area contributed by atoms with Crippen molar-refractivity contribution < 1.29 is 23.8 Å². The fourth-order valence-corrected chi connectivity index (χ4v) is 4.08. The van der Waals surface area contributed by atoms with Gasteiger partial charge in [0, 0.05) is 19.3 Å². The van der Waals surface area contributed by atoms with Crippen LogP contribution in [0.1, 0.15) is 47.6 Å². The van der Waals surface area contributed by atoms with E-state index in [2.05, 4.69) is 6.58 Å². The van der Waals surface area contributed by atoms with Gasteiger partial charge in [-0.25, -0.2) is 4.39 Å². The van der Waals surface area contributed by atoms with E-state index in [0.29, 0.717) is 24.2 Å². The van der Waals surface area contributed by atoms with Crippen molar-refractivity contribution in [1.82, 2.24) is 0 Å². The molecule has 0 bridgehead atoms. The Bertz CT molecular complexity index is 922. The number of rotatable bonds is 4. The molecule has 0 aromatic heterocycles. The molecule has 1 aliphatic heterocycles. The third-order valence-corrected chi connectivity index (χ3v) is 5.50. The molecular weight excluding hydrogens is 347 g/mol. The van der Waals surface area contributed by atoms with E-state index < -0.39 is 17.7 Å². The number of carbonyl (C=O) groups is 1. The van der Waals surface area contributed by atoms with Gasteiger partial charge in [-0.2, -0.15) is 0 Å². The van der Waals surface area contributed by atoms with E-state index in [9.17, 15) is 14.3 Å². The molecule has 0 spiro atoms. The molecule has 1 N–H and O–H groups in total. The maximum atomic E-state index is 14.1. The van der Waals surface area contributed by atoms with E-state index in [0.717, 1.165) is 16.7 Å². The molecule has 140 valence electrons. The lowest BCUT2D eigenvalue weighted by Crippen LogP contribution is -2.26. The van der Waals surface area contributed by atoms with E-state index in [4.69, 9.17) is 9.47 Å². The van der Waals surface area contributed by atoms with Crippen LogP contribution in [0.3, 0.4) is 0 Å². The monoisotopic (exact) mass is 368 g/mol. The summed E-state index contributed by atoms with van der Waals surface area (Å²) in [7, 11) is 0. The molecule has 1 aliphatic carbocycles. The highest BCUT2D eigenvalue weighted by molar-refractivity contribution is 5.67. The lowest BCUT2D eigenvalue weighted by atomic mass is 9.81. The van der Waals surface area contributed by atoms with E-state index in [1.165, 1.54) is 19.1 Å². The third kappa shape index (κ3) is 3.12. The average Bonchev–Trinajstić information content (AvgIpc) is 3.31. The molecule has 2 aliphatic rings. The number of hydrogen-bond acceptors (Lipinski definition) is 4. The second-order valence-corrected chi connectivity index (χ2v) is 7.24. The Kier molecular flexibility index (Phi) is 4.27. The van der Waals surface area contributed by atoms with Gasteiger partial charge in [0.25, 0.3) is 0 Å². The molecule has 2 aromatic carbocycles. The minimum atomic E-state index is -0.839. The number of benzene rings is 2. The second-order valence-electron chi connectivity index (χ2n) is 7.24. The second kappa shape index (κ2) is 6.50. The van der Waals surface area contributed by atoms with Crippen molar-refractivity contribution in [2.45, 2.75) is 37.4 Å². The Hall–Kier alpha value is -2.66.